The molecule has 4 heteroatoms. The number of aromatic nitrogens is 1. The van der Waals surface area contributed by atoms with Gasteiger partial charge in [-0.3, -0.25) is 14.5 Å². The van der Waals surface area contributed by atoms with Crippen LogP contribution in [0.25, 0.3) is 10.9 Å². The minimum atomic E-state index is 0.134. The molecule has 1 aromatic heterocycles. The van der Waals surface area contributed by atoms with E-state index in [1.165, 1.54) is 11.1 Å². The Bertz CT molecular complexity index is 1490. The van der Waals surface area contributed by atoms with Crippen molar-refractivity contribution >= 4 is 22.5 Å². The van der Waals surface area contributed by atoms with Gasteiger partial charge in [-0.25, -0.2) is 0 Å². The number of rotatable bonds is 7. The van der Waals surface area contributed by atoms with E-state index in [9.17, 15) is 9.59 Å². The maximum absolute atomic E-state index is 13.8. The number of carbonyl (C=O) groups excluding carboxylic acids is 2. The van der Waals surface area contributed by atoms with Gasteiger partial charge in [0.05, 0.1) is 0 Å². The Hall–Kier alpha value is -3.24. The van der Waals surface area contributed by atoms with E-state index in [2.05, 4.69) is 85.8 Å². The van der Waals surface area contributed by atoms with Crippen molar-refractivity contribution < 1.29 is 9.59 Å². The van der Waals surface area contributed by atoms with Crippen LogP contribution < -0.4 is 0 Å². The van der Waals surface area contributed by atoms with Crippen LogP contribution in [-0.4, -0.2) is 34.6 Å². The minimum absolute atomic E-state index is 0.134. The number of Topliss-reactive ketones (excluding diaryl/α,β-unsaturated/α-hetero) is 2. The molecule has 0 radical (unpaired) electrons. The van der Waals surface area contributed by atoms with Gasteiger partial charge in [-0.05, 0) is 96.2 Å². The van der Waals surface area contributed by atoms with Crippen molar-refractivity contribution in [2.24, 2.45) is 5.92 Å². The zero-order valence-corrected chi connectivity index (χ0v) is 24.4. The van der Waals surface area contributed by atoms with Gasteiger partial charge < -0.3 is 4.57 Å². The maximum atomic E-state index is 13.8. The van der Waals surface area contributed by atoms with Crippen molar-refractivity contribution in [1.29, 1.82) is 0 Å². The van der Waals surface area contributed by atoms with Crippen LogP contribution in [0.4, 0.5) is 0 Å². The quantitative estimate of drug-likeness (QED) is 0.294. The van der Waals surface area contributed by atoms with Gasteiger partial charge in [0.2, 0.25) is 0 Å². The number of para-hydroxylation sites is 1. The smallest absolute Gasteiger partial charge is 0.165 e. The Morgan fingerprint density at radius 1 is 1.05 bits per heavy atom. The second-order valence-electron chi connectivity index (χ2n) is 12.0. The third kappa shape index (κ3) is 5.32. The average molecular weight is 523 g/mol. The fourth-order valence-electron chi connectivity index (χ4n) is 7.08. The molecule has 5 rings (SSSR count). The van der Waals surface area contributed by atoms with Crippen LogP contribution >= 0.6 is 0 Å². The lowest BCUT2D eigenvalue weighted by atomic mass is 9.83. The molecule has 0 N–H and O–H groups in total. The number of aryl methyl sites for hydroxylation is 1. The van der Waals surface area contributed by atoms with E-state index in [4.69, 9.17) is 0 Å². The van der Waals surface area contributed by atoms with Crippen LogP contribution in [0.15, 0.2) is 71.3 Å². The van der Waals surface area contributed by atoms with E-state index in [0.717, 1.165) is 58.3 Å². The molecule has 3 unspecified atom stereocenters. The summed E-state index contributed by atoms with van der Waals surface area (Å²) in [7, 11) is 2.24. The highest BCUT2D eigenvalue weighted by atomic mass is 16.1. The summed E-state index contributed by atoms with van der Waals surface area (Å²) >= 11 is 0. The van der Waals surface area contributed by atoms with Gasteiger partial charge in [0.25, 0.3) is 0 Å². The Morgan fingerprint density at radius 2 is 1.82 bits per heavy atom. The number of benzene rings is 2. The summed E-state index contributed by atoms with van der Waals surface area (Å²) in [5, 5.41) is 1.03. The Labute approximate surface area is 233 Å². The first kappa shape index (κ1) is 27.3. The molecule has 2 heterocycles. The number of hydrogen-bond acceptors (Lipinski definition) is 3. The molecule has 204 valence electrons. The van der Waals surface area contributed by atoms with Crippen molar-refractivity contribution in [3.05, 3.63) is 93.7 Å². The number of hydrogen-bond donors (Lipinski definition) is 0. The summed E-state index contributed by atoms with van der Waals surface area (Å²) in [6.45, 7) is 11.7. The van der Waals surface area contributed by atoms with Gasteiger partial charge in [-0.15, -0.1) is 0 Å². The first-order valence-corrected chi connectivity index (χ1v) is 14.4. The normalized spacial score (nSPS) is 21.4. The first-order chi connectivity index (χ1) is 18.7. The highest BCUT2D eigenvalue weighted by Gasteiger charge is 2.33. The molecule has 2 aliphatic rings. The molecule has 1 saturated heterocycles. The van der Waals surface area contributed by atoms with E-state index in [1.54, 1.807) is 0 Å². The topological polar surface area (TPSA) is 42.3 Å². The summed E-state index contributed by atoms with van der Waals surface area (Å²) in [6.07, 6.45) is 5.66. The number of likely N-dealkylation sites (tertiary alicyclic amines) is 1. The average Bonchev–Trinajstić information content (AvgIpc) is 3.19. The molecule has 3 atom stereocenters. The molecule has 39 heavy (non-hydrogen) atoms. The van der Waals surface area contributed by atoms with Crippen molar-refractivity contribution in [2.75, 3.05) is 13.6 Å². The molecule has 4 nitrogen and oxygen atoms in total. The zero-order valence-electron chi connectivity index (χ0n) is 24.4. The van der Waals surface area contributed by atoms with Gasteiger partial charge in [0.15, 0.2) is 11.6 Å². The van der Waals surface area contributed by atoms with Gasteiger partial charge in [-0.1, -0.05) is 59.7 Å². The number of nitrogens with zero attached hydrogens (tertiary/aromatic N) is 2. The standard InChI is InChI=1S/C35H42N2O2/c1-22-10-9-11-28(19-22)32-21-27(16-17-36(32)6)25(4)37-26(5)35(30-12-7-8-13-31(30)37)33(38)15-14-29-24(3)18-23(2)20-34(29)39/h7-13,18-19,25,27,32H,14-17,20-21H2,1-6H3. The summed E-state index contributed by atoms with van der Waals surface area (Å²) in [5.74, 6) is 0.806. The molecular weight excluding hydrogens is 480 g/mol. The molecule has 1 fully saturated rings. The first-order valence-electron chi connectivity index (χ1n) is 14.4. The Kier molecular flexibility index (Phi) is 7.77. The van der Waals surface area contributed by atoms with Gasteiger partial charge in [0, 0.05) is 47.1 Å². The van der Waals surface area contributed by atoms with Crippen LogP contribution in [0.2, 0.25) is 0 Å². The number of allylic oxidation sites excluding steroid dienone is 4. The fraction of sp³-hybridized carbons (Fsp3) is 0.429. The van der Waals surface area contributed by atoms with E-state index < -0.39 is 0 Å². The Balaban J connectivity index is 1.43. The van der Waals surface area contributed by atoms with Crippen LogP contribution in [-0.2, 0) is 4.79 Å². The lowest BCUT2D eigenvalue weighted by Gasteiger charge is -2.40. The van der Waals surface area contributed by atoms with E-state index in [1.807, 2.05) is 19.9 Å². The Morgan fingerprint density at radius 3 is 2.56 bits per heavy atom. The van der Waals surface area contributed by atoms with E-state index in [-0.39, 0.29) is 17.6 Å². The van der Waals surface area contributed by atoms with Gasteiger partial charge >= 0.3 is 0 Å². The highest BCUT2D eigenvalue weighted by molar-refractivity contribution is 6.10. The second kappa shape index (κ2) is 11.1. The molecule has 0 amide bonds. The summed E-state index contributed by atoms with van der Waals surface area (Å²) < 4.78 is 2.42. The maximum Gasteiger partial charge on any atom is 0.165 e. The summed E-state index contributed by atoms with van der Waals surface area (Å²) in [4.78, 5) is 28.9. The SMILES string of the molecule is CC1=CC(C)=C(CCC(=O)c2c(C)n(C(C)C3CCN(C)C(c4cccc(C)c4)C3)c3ccccc23)C(=O)C1. The lowest BCUT2D eigenvalue weighted by Crippen LogP contribution is -2.36. The van der Waals surface area contributed by atoms with Crippen LogP contribution in [0.5, 0.6) is 0 Å². The van der Waals surface area contributed by atoms with Crippen LogP contribution in [0.1, 0.15) is 92.1 Å². The second-order valence-corrected chi connectivity index (χ2v) is 12.0. The predicted molar refractivity (Wildman–Crippen MR) is 160 cm³/mol. The molecule has 0 spiro atoms. The third-order valence-electron chi connectivity index (χ3n) is 9.18. The number of piperidine rings is 1. The van der Waals surface area contributed by atoms with Crippen LogP contribution in [0, 0.1) is 19.8 Å². The third-order valence-corrected chi connectivity index (χ3v) is 9.18. The predicted octanol–water partition coefficient (Wildman–Crippen LogP) is 8.10. The number of carbonyl (C=O) groups is 2. The highest BCUT2D eigenvalue weighted by Crippen LogP contribution is 2.41. The van der Waals surface area contributed by atoms with Crippen LogP contribution in [0.3, 0.4) is 0 Å². The number of fused-ring (bicyclic) bond motifs is 1. The van der Waals surface area contributed by atoms with Crippen molar-refractivity contribution in [1.82, 2.24) is 9.47 Å². The monoisotopic (exact) mass is 522 g/mol. The molecule has 2 aromatic carbocycles. The minimum Gasteiger partial charge on any atom is -0.341 e. The molecule has 3 aromatic rings. The lowest BCUT2D eigenvalue weighted by molar-refractivity contribution is -0.115. The molecular formula is C35H42N2O2. The molecule has 1 aliphatic heterocycles. The molecule has 1 aliphatic carbocycles. The van der Waals surface area contributed by atoms with E-state index >= 15 is 0 Å². The van der Waals surface area contributed by atoms with Crippen molar-refractivity contribution in [3.63, 3.8) is 0 Å². The van der Waals surface area contributed by atoms with Gasteiger partial charge in [0.1, 0.15) is 0 Å². The van der Waals surface area contributed by atoms with Crippen molar-refractivity contribution in [3.8, 4) is 0 Å². The van der Waals surface area contributed by atoms with Crippen molar-refractivity contribution in [2.45, 2.75) is 78.8 Å². The molecule has 0 saturated carbocycles. The van der Waals surface area contributed by atoms with E-state index in [0.29, 0.717) is 31.2 Å². The summed E-state index contributed by atoms with van der Waals surface area (Å²) in [5.41, 5.74) is 8.64. The zero-order chi connectivity index (χ0) is 27.8. The number of ketones is 2. The van der Waals surface area contributed by atoms with Gasteiger partial charge in [-0.2, -0.15) is 0 Å². The largest absolute Gasteiger partial charge is 0.341 e. The summed E-state index contributed by atoms with van der Waals surface area (Å²) in [6, 6.07) is 18.0. The molecule has 0 bridgehead atoms. The fourth-order valence-corrected chi connectivity index (χ4v) is 7.08.